The maximum Gasteiger partial charge on any atom is 0.220 e. The highest BCUT2D eigenvalue weighted by molar-refractivity contribution is 5.79. The Morgan fingerprint density at radius 3 is 2.64 bits per heavy atom. The van der Waals surface area contributed by atoms with Crippen LogP contribution in [0.5, 0.6) is 0 Å². The molecule has 1 N–H and O–H groups in total. The lowest BCUT2D eigenvalue weighted by molar-refractivity contribution is -0.119. The molecule has 0 spiro atoms. The Morgan fingerprint density at radius 2 is 2.27 bits per heavy atom. The minimum Gasteiger partial charge on any atom is -0.356 e. The maximum atomic E-state index is 10.9. The fourth-order valence-corrected chi connectivity index (χ4v) is 1.95. The summed E-state index contributed by atoms with van der Waals surface area (Å²) in [4.78, 5) is 10.9. The first-order valence-corrected chi connectivity index (χ1v) is 4.28. The Hall–Kier alpha value is -0.530. The minimum absolute atomic E-state index is 0.216. The van der Waals surface area contributed by atoms with Crippen LogP contribution < -0.4 is 5.32 Å². The van der Waals surface area contributed by atoms with Crippen molar-refractivity contribution in [2.24, 2.45) is 11.3 Å². The van der Waals surface area contributed by atoms with Crippen LogP contribution in [0.15, 0.2) is 0 Å². The van der Waals surface area contributed by atoms with Gasteiger partial charge in [-0.05, 0) is 17.8 Å². The molecular formula is C9H17NO. The van der Waals surface area contributed by atoms with Gasteiger partial charge in [0.15, 0.2) is 0 Å². The average Bonchev–Trinajstić information content (AvgIpc) is 2.08. The number of carbonyl (C=O) groups is 1. The van der Waals surface area contributed by atoms with Crippen molar-refractivity contribution in [3.63, 3.8) is 0 Å². The summed E-state index contributed by atoms with van der Waals surface area (Å²) in [6, 6.07) is 0. The minimum atomic E-state index is 0.216. The van der Waals surface area contributed by atoms with E-state index in [2.05, 4.69) is 26.1 Å². The molecule has 64 valence electrons. The molecule has 2 heteroatoms. The fraction of sp³-hybridized carbons (Fsp3) is 0.889. The number of carbonyl (C=O) groups excluding carboxylic acids is 1. The molecule has 1 heterocycles. The second-order valence-corrected chi connectivity index (χ2v) is 4.36. The molecule has 2 nitrogen and oxygen atoms in total. The van der Waals surface area contributed by atoms with Crippen molar-refractivity contribution in [1.82, 2.24) is 5.32 Å². The van der Waals surface area contributed by atoms with Crippen LogP contribution in [-0.4, -0.2) is 12.5 Å². The van der Waals surface area contributed by atoms with Crippen LogP contribution in [0.3, 0.4) is 0 Å². The van der Waals surface area contributed by atoms with Gasteiger partial charge in [0.2, 0.25) is 5.91 Å². The van der Waals surface area contributed by atoms with Crippen molar-refractivity contribution in [3.8, 4) is 0 Å². The maximum absolute atomic E-state index is 10.9. The van der Waals surface area contributed by atoms with E-state index in [0.29, 0.717) is 12.3 Å². The summed E-state index contributed by atoms with van der Waals surface area (Å²) in [7, 11) is 0. The second-order valence-electron chi connectivity index (χ2n) is 4.36. The van der Waals surface area contributed by atoms with Gasteiger partial charge in [0, 0.05) is 13.0 Å². The zero-order chi connectivity index (χ0) is 8.48. The van der Waals surface area contributed by atoms with Crippen LogP contribution in [0.25, 0.3) is 0 Å². The summed E-state index contributed by atoms with van der Waals surface area (Å²) < 4.78 is 0. The molecule has 1 fully saturated rings. The van der Waals surface area contributed by atoms with Gasteiger partial charge in [0.1, 0.15) is 0 Å². The lowest BCUT2D eigenvalue weighted by Crippen LogP contribution is -2.22. The van der Waals surface area contributed by atoms with Crippen molar-refractivity contribution in [1.29, 1.82) is 0 Å². The van der Waals surface area contributed by atoms with Gasteiger partial charge in [-0.25, -0.2) is 0 Å². The highest BCUT2D eigenvalue weighted by atomic mass is 16.1. The van der Waals surface area contributed by atoms with E-state index in [-0.39, 0.29) is 11.3 Å². The Bertz CT molecular complexity index is 165. The Kier molecular flexibility index (Phi) is 2.21. The second kappa shape index (κ2) is 2.84. The highest BCUT2D eigenvalue weighted by Gasteiger charge is 2.33. The van der Waals surface area contributed by atoms with Gasteiger partial charge in [0.25, 0.3) is 0 Å². The van der Waals surface area contributed by atoms with Crippen molar-refractivity contribution in [3.05, 3.63) is 0 Å². The molecule has 0 aromatic rings. The van der Waals surface area contributed by atoms with E-state index >= 15 is 0 Å². The van der Waals surface area contributed by atoms with Gasteiger partial charge in [-0.3, -0.25) is 4.79 Å². The van der Waals surface area contributed by atoms with E-state index in [1.807, 2.05) is 0 Å². The highest BCUT2D eigenvalue weighted by Crippen LogP contribution is 2.32. The Labute approximate surface area is 68.4 Å². The number of amides is 1. The van der Waals surface area contributed by atoms with Crippen molar-refractivity contribution in [2.45, 2.75) is 33.6 Å². The standard InChI is InChI=1S/C9H17NO/c1-7(2)4-9(3)5-8(11)10-6-9/h7H,4-6H2,1-3H3,(H,10,11)/t9-/m0/s1. The van der Waals surface area contributed by atoms with Gasteiger partial charge < -0.3 is 5.32 Å². The SMILES string of the molecule is CC(C)C[C@]1(C)CNC(=O)C1. The van der Waals surface area contributed by atoms with Crippen molar-refractivity contribution >= 4 is 5.91 Å². The Morgan fingerprint density at radius 1 is 1.64 bits per heavy atom. The predicted molar refractivity (Wildman–Crippen MR) is 45.2 cm³/mol. The molecular weight excluding hydrogens is 138 g/mol. The van der Waals surface area contributed by atoms with Crippen LogP contribution in [0.2, 0.25) is 0 Å². The number of hydrogen-bond donors (Lipinski definition) is 1. The zero-order valence-corrected chi connectivity index (χ0v) is 7.61. The summed E-state index contributed by atoms with van der Waals surface area (Å²) >= 11 is 0. The zero-order valence-electron chi connectivity index (χ0n) is 7.61. The largest absolute Gasteiger partial charge is 0.356 e. The smallest absolute Gasteiger partial charge is 0.220 e. The van der Waals surface area contributed by atoms with E-state index in [1.165, 1.54) is 0 Å². The third kappa shape index (κ3) is 2.21. The number of nitrogens with one attached hydrogen (secondary N) is 1. The first-order chi connectivity index (χ1) is 5.02. The van der Waals surface area contributed by atoms with E-state index in [4.69, 9.17) is 0 Å². The van der Waals surface area contributed by atoms with Gasteiger partial charge in [0.05, 0.1) is 0 Å². The van der Waals surface area contributed by atoms with Crippen LogP contribution >= 0.6 is 0 Å². The van der Waals surface area contributed by atoms with Crippen molar-refractivity contribution in [2.75, 3.05) is 6.54 Å². The van der Waals surface area contributed by atoms with E-state index in [0.717, 1.165) is 13.0 Å². The molecule has 1 aliphatic heterocycles. The lowest BCUT2D eigenvalue weighted by Gasteiger charge is -2.23. The molecule has 0 aromatic heterocycles. The topological polar surface area (TPSA) is 29.1 Å². The average molecular weight is 155 g/mol. The first kappa shape index (κ1) is 8.57. The summed E-state index contributed by atoms with van der Waals surface area (Å²) in [5.74, 6) is 0.904. The fourth-order valence-electron chi connectivity index (χ4n) is 1.95. The molecule has 0 bridgehead atoms. The van der Waals surface area contributed by atoms with E-state index < -0.39 is 0 Å². The molecule has 1 aliphatic rings. The normalized spacial score (nSPS) is 31.1. The molecule has 1 atom stereocenters. The number of hydrogen-bond acceptors (Lipinski definition) is 1. The molecule has 11 heavy (non-hydrogen) atoms. The summed E-state index contributed by atoms with van der Waals surface area (Å²) in [6.45, 7) is 7.46. The van der Waals surface area contributed by atoms with Crippen LogP contribution in [0.1, 0.15) is 33.6 Å². The predicted octanol–water partition coefficient (Wildman–Crippen LogP) is 1.56. The molecule has 0 unspecified atom stereocenters. The quantitative estimate of drug-likeness (QED) is 0.644. The van der Waals surface area contributed by atoms with E-state index in [1.54, 1.807) is 0 Å². The molecule has 0 aromatic carbocycles. The van der Waals surface area contributed by atoms with Crippen molar-refractivity contribution < 1.29 is 4.79 Å². The third-order valence-corrected chi connectivity index (χ3v) is 2.20. The van der Waals surface area contributed by atoms with E-state index in [9.17, 15) is 4.79 Å². The summed E-state index contributed by atoms with van der Waals surface area (Å²) in [6.07, 6.45) is 1.86. The molecule has 1 saturated heterocycles. The molecule has 0 radical (unpaired) electrons. The van der Waals surface area contributed by atoms with Gasteiger partial charge in [-0.2, -0.15) is 0 Å². The van der Waals surface area contributed by atoms with Gasteiger partial charge in [-0.1, -0.05) is 20.8 Å². The summed E-state index contributed by atoms with van der Waals surface area (Å²) in [5, 5.41) is 2.88. The monoisotopic (exact) mass is 155 g/mol. The van der Waals surface area contributed by atoms with Crippen LogP contribution in [-0.2, 0) is 4.79 Å². The molecule has 1 amide bonds. The third-order valence-electron chi connectivity index (χ3n) is 2.20. The van der Waals surface area contributed by atoms with Gasteiger partial charge in [-0.15, -0.1) is 0 Å². The lowest BCUT2D eigenvalue weighted by atomic mass is 9.81. The van der Waals surface area contributed by atoms with Crippen LogP contribution in [0.4, 0.5) is 0 Å². The number of rotatable bonds is 2. The summed E-state index contributed by atoms with van der Waals surface area (Å²) in [5.41, 5.74) is 0.227. The molecule has 0 aliphatic carbocycles. The Balaban J connectivity index is 2.48. The molecule has 0 saturated carbocycles. The molecule has 1 rings (SSSR count). The first-order valence-electron chi connectivity index (χ1n) is 4.28. The van der Waals surface area contributed by atoms with Gasteiger partial charge >= 0.3 is 0 Å². The van der Waals surface area contributed by atoms with Crippen LogP contribution in [0, 0.1) is 11.3 Å².